The van der Waals surface area contributed by atoms with Crippen LogP contribution in [0.5, 0.6) is 0 Å². The monoisotopic (exact) mass is 264 g/mol. The minimum Gasteiger partial charge on any atom is -0.358 e. The topological polar surface area (TPSA) is 138 Å². The van der Waals surface area contributed by atoms with Crippen molar-refractivity contribution in [3.8, 4) is 6.07 Å². The molecular formula is C8H4N6O3S. The zero-order chi connectivity index (χ0) is 13.1. The van der Waals surface area contributed by atoms with E-state index in [1.165, 1.54) is 0 Å². The molecule has 2 rings (SSSR count). The molecular weight excluding hydrogens is 260 g/mol. The summed E-state index contributed by atoms with van der Waals surface area (Å²) < 4.78 is 2.37. The third kappa shape index (κ3) is 2.15. The van der Waals surface area contributed by atoms with Gasteiger partial charge in [0.15, 0.2) is 5.56 Å². The van der Waals surface area contributed by atoms with Crippen molar-refractivity contribution in [2.24, 2.45) is 0 Å². The van der Waals surface area contributed by atoms with Gasteiger partial charge in [0, 0.05) is 0 Å². The summed E-state index contributed by atoms with van der Waals surface area (Å²) >= 11 is 0.908. The summed E-state index contributed by atoms with van der Waals surface area (Å²) in [6, 6.07) is 2.83. The van der Waals surface area contributed by atoms with Crippen LogP contribution >= 0.6 is 11.5 Å². The van der Waals surface area contributed by atoms with E-state index in [2.05, 4.69) is 19.7 Å². The van der Waals surface area contributed by atoms with Crippen molar-refractivity contribution in [3.63, 3.8) is 0 Å². The van der Waals surface area contributed by atoms with Crippen molar-refractivity contribution in [3.05, 3.63) is 38.4 Å². The highest BCUT2D eigenvalue weighted by Crippen LogP contribution is 2.21. The molecule has 0 radical (unpaired) electrons. The van der Waals surface area contributed by atoms with Crippen LogP contribution < -0.4 is 10.9 Å². The van der Waals surface area contributed by atoms with Gasteiger partial charge in [-0.3, -0.25) is 9.17 Å². The van der Waals surface area contributed by atoms with Gasteiger partial charge in [0.25, 0.3) is 5.56 Å². The number of anilines is 2. The Hall–Kier alpha value is -2.80. The fourth-order valence-corrected chi connectivity index (χ4v) is 1.82. The highest BCUT2D eigenvalue weighted by molar-refractivity contribution is 7.10. The van der Waals surface area contributed by atoms with Crippen molar-refractivity contribution < 1.29 is 4.92 Å². The number of hydrogen-bond donors (Lipinski definition) is 2. The number of H-pyrrole nitrogens is 1. The summed E-state index contributed by atoms with van der Waals surface area (Å²) in [5, 5.41) is 22.2. The van der Waals surface area contributed by atoms with E-state index in [1.807, 2.05) is 0 Å². The molecule has 10 heteroatoms. The molecule has 0 fully saturated rings. The summed E-state index contributed by atoms with van der Waals surface area (Å²) in [4.78, 5) is 28.2. The highest BCUT2D eigenvalue weighted by atomic mass is 32.1. The van der Waals surface area contributed by atoms with Gasteiger partial charge < -0.3 is 15.4 Å². The molecule has 2 heterocycles. The van der Waals surface area contributed by atoms with Crippen LogP contribution in [0.25, 0.3) is 0 Å². The maximum absolute atomic E-state index is 11.2. The predicted octanol–water partition coefficient (Wildman–Crippen LogP) is 0.750. The summed E-state index contributed by atoms with van der Waals surface area (Å²) in [5.74, 6) is -0.252. The first kappa shape index (κ1) is 11.7. The maximum Gasteiger partial charge on any atom is 0.368 e. The first-order valence-electron chi connectivity index (χ1n) is 4.47. The number of nitrogens with one attached hydrogen (secondary N) is 2. The van der Waals surface area contributed by atoms with Gasteiger partial charge in [-0.25, -0.2) is 0 Å². The third-order valence-electron chi connectivity index (χ3n) is 1.89. The molecule has 2 aromatic heterocycles. The van der Waals surface area contributed by atoms with Gasteiger partial charge in [-0.05, 0) is 21.4 Å². The van der Waals surface area contributed by atoms with Gasteiger partial charge >= 0.3 is 5.82 Å². The second-order valence-electron chi connectivity index (χ2n) is 2.99. The predicted molar refractivity (Wildman–Crippen MR) is 61.6 cm³/mol. The van der Waals surface area contributed by atoms with Gasteiger partial charge in [0.1, 0.15) is 16.9 Å². The molecule has 0 bridgehead atoms. The van der Waals surface area contributed by atoms with Crippen molar-refractivity contribution in [1.29, 1.82) is 5.26 Å². The Morgan fingerprint density at radius 1 is 1.56 bits per heavy atom. The molecule has 90 valence electrons. The lowest BCUT2D eigenvalue weighted by atomic mass is 10.4. The molecule has 0 atom stereocenters. The van der Waals surface area contributed by atoms with Gasteiger partial charge in [-0.2, -0.15) is 10.2 Å². The van der Waals surface area contributed by atoms with Crippen LogP contribution in [0.2, 0.25) is 0 Å². The molecule has 0 aliphatic rings. The van der Waals surface area contributed by atoms with Crippen LogP contribution in [0.4, 0.5) is 16.6 Å². The Morgan fingerprint density at radius 3 is 3.00 bits per heavy atom. The average molecular weight is 264 g/mol. The molecule has 0 aromatic carbocycles. The zero-order valence-electron chi connectivity index (χ0n) is 8.58. The van der Waals surface area contributed by atoms with Gasteiger partial charge in [-0.15, -0.1) is 0 Å². The van der Waals surface area contributed by atoms with E-state index in [4.69, 9.17) is 5.26 Å². The summed E-state index contributed by atoms with van der Waals surface area (Å²) in [6.45, 7) is 0. The molecule has 2 aromatic rings. The van der Waals surface area contributed by atoms with E-state index in [-0.39, 0.29) is 22.2 Å². The van der Waals surface area contributed by atoms with Crippen molar-refractivity contribution >= 4 is 28.2 Å². The Labute approximate surface area is 103 Å². The summed E-state index contributed by atoms with van der Waals surface area (Å²) in [5.41, 5.74) is -0.616. The molecule has 0 aliphatic carbocycles. The Morgan fingerprint density at radius 2 is 2.33 bits per heavy atom. The van der Waals surface area contributed by atoms with E-state index in [0.29, 0.717) is 0 Å². The number of nitro groups is 1. The smallest absolute Gasteiger partial charge is 0.358 e. The van der Waals surface area contributed by atoms with E-state index in [1.54, 1.807) is 6.07 Å². The first-order chi connectivity index (χ1) is 8.61. The lowest BCUT2D eigenvalue weighted by molar-refractivity contribution is -0.389. The molecule has 0 saturated carbocycles. The molecule has 0 aliphatic heterocycles. The fourth-order valence-electron chi connectivity index (χ4n) is 1.12. The van der Waals surface area contributed by atoms with E-state index >= 15 is 0 Å². The highest BCUT2D eigenvalue weighted by Gasteiger charge is 2.13. The number of nitriles is 1. The van der Waals surface area contributed by atoms with Crippen molar-refractivity contribution in [2.75, 3.05) is 5.32 Å². The minimum absolute atomic E-state index is 0.0961. The zero-order valence-corrected chi connectivity index (χ0v) is 9.39. The van der Waals surface area contributed by atoms with Crippen LogP contribution in [0.1, 0.15) is 5.56 Å². The molecule has 0 spiro atoms. The molecule has 2 N–H and O–H groups in total. The van der Waals surface area contributed by atoms with Crippen LogP contribution in [-0.4, -0.2) is 19.3 Å². The van der Waals surface area contributed by atoms with Crippen LogP contribution in [0, 0.1) is 21.4 Å². The number of rotatable bonds is 3. The molecule has 0 saturated heterocycles. The molecule has 18 heavy (non-hydrogen) atoms. The van der Waals surface area contributed by atoms with Crippen LogP contribution in [0.15, 0.2) is 17.2 Å². The van der Waals surface area contributed by atoms with E-state index < -0.39 is 10.5 Å². The fraction of sp³-hybridized carbons (Fsp3) is 0. The quantitative estimate of drug-likeness (QED) is 0.616. The normalized spacial score (nSPS) is 9.72. The van der Waals surface area contributed by atoms with Crippen LogP contribution in [-0.2, 0) is 0 Å². The summed E-state index contributed by atoms with van der Waals surface area (Å²) in [7, 11) is 0. The number of aromatic amines is 1. The van der Waals surface area contributed by atoms with Crippen molar-refractivity contribution in [2.45, 2.75) is 0 Å². The Balaban J connectivity index is 2.35. The Kier molecular flexibility index (Phi) is 2.98. The molecule has 0 amide bonds. The maximum atomic E-state index is 11.2. The standard InChI is InChI=1S/C8H4N6O3S/c9-2-4-7(15)13-18-8(4)12-5-1-6(14(16)17)11-3-10-5/h1,3H,(H,13,15)(H,10,11,12). The minimum atomic E-state index is -0.669. The SMILES string of the molecule is N#Cc1c(Nc2cc([N+](=O)[O-])ncn2)s[nH]c1=O. The second kappa shape index (κ2) is 4.60. The second-order valence-corrected chi connectivity index (χ2v) is 3.81. The number of nitrogens with zero attached hydrogens (tertiary/aromatic N) is 4. The summed E-state index contributed by atoms with van der Waals surface area (Å²) in [6.07, 6.45) is 1.02. The average Bonchev–Trinajstić information content (AvgIpc) is 2.70. The number of aromatic nitrogens is 3. The largest absolute Gasteiger partial charge is 0.368 e. The lowest BCUT2D eigenvalue weighted by Gasteiger charge is -2.00. The lowest BCUT2D eigenvalue weighted by Crippen LogP contribution is -2.03. The number of hydrogen-bond acceptors (Lipinski definition) is 8. The first-order valence-corrected chi connectivity index (χ1v) is 5.28. The van der Waals surface area contributed by atoms with E-state index in [0.717, 1.165) is 23.9 Å². The van der Waals surface area contributed by atoms with Gasteiger partial charge in [0.2, 0.25) is 6.33 Å². The van der Waals surface area contributed by atoms with Gasteiger partial charge in [-0.1, -0.05) is 0 Å². The third-order valence-corrected chi connectivity index (χ3v) is 2.69. The Bertz CT molecular complexity index is 699. The van der Waals surface area contributed by atoms with E-state index in [9.17, 15) is 14.9 Å². The van der Waals surface area contributed by atoms with Gasteiger partial charge in [0.05, 0.1) is 6.07 Å². The molecule has 0 unspecified atom stereocenters. The van der Waals surface area contributed by atoms with Crippen molar-refractivity contribution in [1.82, 2.24) is 14.3 Å². The molecule has 9 nitrogen and oxygen atoms in total. The van der Waals surface area contributed by atoms with Crippen LogP contribution in [0.3, 0.4) is 0 Å².